The van der Waals surface area contributed by atoms with Crippen molar-refractivity contribution in [2.75, 3.05) is 13.1 Å². The summed E-state index contributed by atoms with van der Waals surface area (Å²) in [5, 5.41) is 7.31. The van der Waals surface area contributed by atoms with Crippen LogP contribution < -0.4 is 5.73 Å². The first-order valence-corrected chi connectivity index (χ1v) is 7.63. The number of nitrogens with two attached hydrogens (primary N) is 1. The number of nitrogens with one attached hydrogen (secondary N) is 1. The summed E-state index contributed by atoms with van der Waals surface area (Å²) >= 11 is 0. The van der Waals surface area contributed by atoms with Crippen LogP contribution in [0.5, 0.6) is 0 Å². The lowest BCUT2D eigenvalue weighted by Gasteiger charge is -2.22. The molecule has 3 N–H and O–H groups in total. The molecular weight excluding hydrogens is 262 g/mol. The summed E-state index contributed by atoms with van der Waals surface area (Å²) < 4.78 is 26.4. The molecule has 0 aliphatic carbocycles. The standard InChI is InChI=1S/C13H21N3O2S/c1-4-7-16(9-13(14)15)19(17,18)12-6-5-10(2)8-11(12)3/h5-6,8H,4,7,9H2,1-3H3,(H3,14,15). The number of benzene rings is 1. The lowest BCUT2D eigenvalue weighted by atomic mass is 10.2. The molecule has 6 heteroatoms. The van der Waals surface area contributed by atoms with Gasteiger partial charge in [0.15, 0.2) is 0 Å². The molecule has 0 saturated carbocycles. The molecule has 5 nitrogen and oxygen atoms in total. The number of amidine groups is 1. The highest BCUT2D eigenvalue weighted by Gasteiger charge is 2.25. The highest BCUT2D eigenvalue weighted by atomic mass is 32.2. The molecule has 0 spiro atoms. The minimum absolute atomic E-state index is 0.0660. The Bertz CT molecular complexity index is 567. The zero-order valence-corrected chi connectivity index (χ0v) is 12.4. The van der Waals surface area contributed by atoms with Crippen molar-refractivity contribution in [3.8, 4) is 0 Å². The third-order valence-corrected chi connectivity index (χ3v) is 4.77. The molecule has 1 rings (SSSR count). The maximum Gasteiger partial charge on any atom is 0.243 e. The van der Waals surface area contributed by atoms with E-state index >= 15 is 0 Å². The second-order valence-corrected chi connectivity index (χ2v) is 6.54. The van der Waals surface area contributed by atoms with Gasteiger partial charge in [-0.25, -0.2) is 8.42 Å². The van der Waals surface area contributed by atoms with Crippen LogP contribution >= 0.6 is 0 Å². The third-order valence-electron chi connectivity index (χ3n) is 2.77. The van der Waals surface area contributed by atoms with Gasteiger partial charge in [0, 0.05) is 6.54 Å². The molecule has 1 aromatic carbocycles. The van der Waals surface area contributed by atoms with Crippen molar-refractivity contribution in [3.63, 3.8) is 0 Å². The van der Waals surface area contributed by atoms with Crippen LogP contribution in [0.2, 0.25) is 0 Å². The van der Waals surface area contributed by atoms with Crippen molar-refractivity contribution >= 4 is 15.9 Å². The maximum absolute atomic E-state index is 12.6. The molecule has 0 aliphatic heterocycles. The maximum atomic E-state index is 12.6. The van der Waals surface area contributed by atoms with E-state index in [1.165, 1.54) is 4.31 Å². The van der Waals surface area contributed by atoms with Gasteiger partial charge in [-0.1, -0.05) is 24.6 Å². The number of nitrogens with zero attached hydrogens (tertiary/aromatic N) is 1. The van der Waals surface area contributed by atoms with E-state index in [9.17, 15) is 8.42 Å². The molecule has 0 heterocycles. The van der Waals surface area contributed by atoms with Crippen LogP contribution in [0.25, 0.3) is 0 Å². The Balaban J connectivity index is 3.22. The van der Waals surface area contributed by atoms with Gasteiger partial charge < -0.3 is 5.73 Å². The Labute approximate surface area is 115 Å². The Hall–Kier alpha value is -1.40. The molecule has 19 heavy (non-hydrogen) atoms. The van der Waals surface area contributed by atoms with Gasteiger partial charge in [-0.05, 0) is 31.9 Å². The Morgan fingerprint density at radius 3 is 2.47 bits per heavy atom. The summed E-state index contributed by atoms with van der Waals surface area (Å²) in [5.41, 5.74) is 7.07. The predicted molar refractivity (Wildman–Crippen MR) is 76.9 cm³/mol. The second kappa shape index (κ2) is 6.16. The fourth-order valence-electron chi connectivity index (χ4n) is 1.95. The van der Waals surface area contributed by atoms with E-state index in [-0.39, 0.29) is 17.3 Å². The van der Waals surface area contributed by atoms with Gasteiger partial charge in [0.1, 0.15) is 5.84 Å². The van der Waals surface area contributed by atoms with E-state index in [1.54, 1.807) is 19.1 Å². The van der Waals surface area contributed by atoms with Crippen LogP contribution in [-0.2, 0) is 10.0 Å². The average Bonchev–Trinajstić information content (AvgIpc) is 2.27. The van der Waals surface area contributed by atoms with Gasteiger partial charge in [0.05, 0.1) is 11.4 Å². The average molecular weight is 283 g/mol. The Morgan fingerprint density at radius 2 is 2.00 bits per heavy atom. The zero-order chi connectivity index (χ0) is 14.6. The Kier molecular flexibility index (Phi) is 5.08. The van der Waals surface area contributed by atoms with Gasteiger partial charge in [0.25, 0.3) is 0 Å². The molecule has 0 radical (unpaired) electrons. The summed E-state index contributed by atoms with van der Waals surface area (Å²) in [5.74, 6) is -0.151. The van der Waals surface area contributed by atoms with Crippen LogP contribution in [0.1, 0.15) is 24.5 Å². The molecule has 0 fully saturated rings. The minimum Gasteiger partial charge on any atom is -0.387 e. The summed E-state index contributed by atoms with van der Waals surface area (Å²) in [6, 6.07) is 5.23. The van der Waals surface area contributed by atoms with E-state index in [0.29, 0.717) is 18.5 Å². The van der Waals surface area contributed by atoms with Crippen LogP contribution in [-0.4, -0.2) is 31.6 Å². The number of aryl methyl sites for hydroxylation is 2. The van der Waals surface area contributed by atoms with E-state index in [4.69, 9.17) is 11.1 Å². The summed E-state index contributed by atoms with van der Waals surface area (Å²) in [6.45, 7) is 5.88. The van der Waals surface area contributed by atoms with Crippen LogP contribution in [0, 0.1) is 19.3 Å². The van der Waals surface area contributed by atoms with Gasteiger partial charge >= 0.3 is 0 Å². The Morgan fingerprint density at radius 1 is 1.37 bits per heavy atom. The second-order valence-electron chi connectivity index (χ2n) is 4.63. The van der Waals surface area contributed by atoms with Crippen molar-refractivity contribution in [1.29, 1.82) is 5.41 Å². The lowest BCUT2D eigenvalue weighted by Crippen LogP contribution is -2.38. The quantitative estimate of drug-likeness (QED) is 0.614. The monoisotopic (exact) mass is 283 g/mol. The molecule has 1 aromatic rings. The summed E-state index contributed by atoms with van der Waals surface area (Å²) in [7, 11) is -3.59. The summed E-state index contributed by atoms with van der Waals surface area (Å²) in [6.07, 6.45) is 0.678. The van der Waals surface area contributed by atoms with E-state index < -0.39 is 10.0 Å². The van der Waals surface area contributed by atoms with Crippen LogP contribution in [0.4, 0.5) is 0 Å². The highest BCUT2D eigenvalue weighted by molar-refractivity contribution is 7.89. The lowest BCUT2D eigenvalue weighted by molar-refractivity contribution is 0.447. The first-order chi connectivity index (χ1) is 8.78. The fourth-order valence-corrected chi connectivity index (χ4v) is 3.67. The molecule has 0 unspecified atom stereocenters. The first kappa shape index (κ1) is 15.7. The molecule has 0 atom stereocenters. The van der Waals surface area contributed by atoms with Gasteiger partial charge in [0.2, 0.25) is 10.0 Å². The molecule has 0 amide bonds. The predicted octanol–water partition coefficient (Wildman–Crippen LogP) is 1.64. The van der Waals surface area contributed by atoms with Crippen molar-refractivity contribution < 1.29 is 8.42 Å². The van der Waals surface area contributed by atoms with Crippen LogP contribution in [0.3, 0.4) is 0 Å². The smallest absolute Gasteiger partial charge is 0.243 e. The summed E-state index contributed by atoms with van der Waals surface area (Å²) in [4.78, 5) is 0.285. The fraction of sp³-hybridized carbons (Fsp3) is 0.462. The zero-order valence-electron chi connectivity index (χ0n) is 11.6. The minimum atomic E-state index is -3.59. The first-order valence-electron chi connectivity index (χ1n) is 6.19. The molecule has 0 bridgehead atoms. The molecule has 0 saturated heterocycles. The third kappa shape index (κ3) is 3.78. The van der Waals surface area contributed by atoms with Gasteiger partial charge in [-0.2, -0.15) is 4.31 Å². The number of hydrogen-bond donors (Lipinski definition) is 2. The van der Waals surface area contributed by atoms with Crippen molar-refractivity contribution in [2.45, 2.75) is 32.1 Å². The molecule has 0 aromatic heterocycles. The number of rotatable bonds is 6. The topological polar surface area (TPSA) is 87.2 Å². The normalized spacial score (nSPS) is 11.8. The molecule has 106 valence electrons. The molecule has 0 aliphatic rings. The van der Waals surface area contributed by atoms with Gasteiger partial charge in [-0.15, -0.1) is 0 Å². The largest absolute Gasteiger partial charge is 0.387 e. The van der Waals surface area contributed by atoms with Gasteiger partial charge in [-0.3, -0.25) is 5.41 Å². The van der Waals surface area contributed by atoms with Crippen LogP contribution in [0.15, 0.2) is 23.1 Å². The van der Waals surface area contributed by atoms with E-state index in [1.807, 2.05) is 19.9 Å². The number of hydrogen-bond acceptors (Lipinski definition) is 3. The highest BCUT2D eigenvalue weighted by Crippen LogP contribution is 2.21. The van der Waals surface area contributed by atoms with Crippen molar-refractivity contribution in [2.24, 2.45) is 5.73 Å². The van der Waals surface area contributed by atoms with Crippen molar-refractivity contribution in [3.05, 3.63) is 29.3 Å². The van der Waals surface area contributed by atoms with E-state index in [2.05, 4.69) is 0 Å². The van der Waals surface area contributed by atoms with E-state index in [0.717, 1.165) is 5.56 Å². The molecular formula is C13H21N3O2S. The number of sulfonamides is 1. The van der Waals surface area contributed by atoms with Crippen molar-refractivity contribution in [1.82, 2.24) is 4.31 Å². The SMILES string of the molecule is CCCN(CC(=N)N)S(=O)(=O)c1ccc(C)cc1C.